The van der Waals surface area contributed by atoms with Gasteiger partial charge in [-0.15, -0.1) is 0 Å². The number of thioether (sulfide) groups is 1. The second kappa shape index (κ2) is 4.36. The highest BCUT2D eigenvalue weighted by Crippen LogP contribution is 2.36. The number of carbonyl (C=O) groups is 1. The molecule has 0 amide bonds. The third kappa shape index (κ3) is 2.90. The molecule has 1 aliphatic carbocycles. The Morgan fingerprint density at radius 1 is 1.38 bits per heavy atom. The molecule has 1 aliphatic rings. The van der Waals surface area contributed by atoms with Crippen LogP contribution < -0.4 is 0 Å². The van der Waals surface area contributed by atoms with Crippen molar-refractivity contribution in [2.24, 2.45) is 5.92 Å². The van der Waals surface area contributed by atoms with Gasteiger partial charge in [0.15, 0.2) is 0 Å². The van der Waals surface area contributed by atoms with Crippen LogP contribution in [0.25, 0.3) is 0 Å². The molecule has 0 aromatic rings. The van der Waals surface area contributed by atoms with E-state index in [9.17, 15) is 4.79 Å². The average Bonchev–Trinajstić information content (AvgIpc) is 2.55. The normalized spacial score (nSPS) is 19.0. The molecule has 0 unspecified atom stereocenters. The summed E-state index contributed by atoms with van der Waals surface area (Å²) < 4.78 is 5.39. The maximum atomic E-state index is 11.1. The Labute approximate surface area is 84.4 Å². The Kier molecular flexibility index (Phi) is 3.65. The summed E-state index contributed by atoms with van der Waals surface area (Å²) >= 11 is 1.15. The van der Waals surface area contributed by atoms with Gasteiger partial charge in [0.2, 0.25) is 0 Å². The third-order valence-corrected chi connectivity index (χ3v) is 3.27. The predicted octanol–water partition coefficient (Wildman–Crippen LogP) is 3.45. The molecule has 0 bridgehead atoms. The van der Waals surface area contributed by atoms with Gasteiger partial charge < -0.3 is 4.74 Å². The SMILES string of the molecule is CSC(=O)OC(C)(C)C1CCCC1. The predicted molar refractivity (Wildman–Crippen MR) is 56.0 cm³/mol. The lowest BCUT2D eigenvalue weighted by Gasteiger charge is -2.30. The van der Waals surface area contributed by atoms with Crippen molar-refractivity contribution in [2.45, 2.75) is 45.1 Å². The molecule has 0 spiro atoms. The van der Waals surface area contributed by atoms with Crippen molar-refractivity contribution in [2.75, 3.05) is 6.26 Å². The molecule has 0 saturated heterocycles. The standard InChI is InChI=1S/C10H18O2S/c1-10(2,12-9(11)13-3)8-6-4-5-7-8/h8H,4-7H2,1-3H3. The van der Waals surface area contributed by atoms with E-state index in [4.69, 9.17) is 4.74 Å². The smallest absolute Gasteiger partial charge is 0.367 e. The highest BCUT2D eigenvalue weighted by molar-refractivity contribution is 8.12. The molecule has 1 saturated carbocycles. The van der Waals surface area contributed by atoms with Crippen LogP contribution in [0.15, 0.2) is 0 Å². The van der Waals surface area contributed by atoms with E-state index in [0.717, 1.165) is 11.8 Å². The highest BCUT2D eigenvalue weighted by atomic mass is 32.2. The lowest BCUT2D eigenvalue weighted by atomic mass is 9.89. The van der Waals surface area contributed by atoms with Crippen LogP contribution in [0.1, 0.15) is 39.5 Å². The van der Waals surface area contributed by atoms with Gasteiger partial charge in [-0.2, -0.15) is 0 Å². The van der Waals surface area contributed by atoms with Crippen LogP contribution >= 0.6 is 11.8 Å². The van der Waals surface area contributed by atoms with Gasteiger partial charge in [-0.25, -0.2) is 4.79 Å². The number of rotatable bonds is 2. The van der Waals surface area contributed by atoms with Gasteiger partial charge >= 0.3 is 5.30 Å². The summed E-state index contributed by atoms with van der Waals surface area (Å²) in [6.07, 6.45) is 6.73. The average molecular weight is 202 g/mol. The number of hydrogen-bond acceptors (Lipinski definition) is 3. The van der Waals surface area contributed by atoms with Gasteiger partial charge in [-0.3, -0.25) is 0 Å². The molecule has 0 heterocycles. The minimum atomic E-state index is -0.267. The minimum absolute atomic E-state index is 0.156. The maximum absolute atomic E-state index is 11.1. The zero-order chi connectivity index (χ0) is 9.90. The summed E-state index contributed by atoms with van der Waals surface area (Å²) in [6, 6.07) is 0. The van der Waals surface area contributed by atoms with Crippen molar-refractivity contribution >= 4 is 17.1 Å². The molecule has 2 nitrogen and oxygen atoms in total. The van der Waals surface area contributed by atoms with Crippen LogP contribution in [0.3, 0.4) is 0 Å². The Balaban J connectivity index is 2.48. The van der Waals surface area contributed by atoms with Crippen molar-refractivity contribution in [3.63, 3.8) is 0 Å². The van der Waals surface area contributed by atoms with E-state index in [1.807, 2.05) is 13.8 Å². The summed E-state index contributed by atoms with van der Waals surface area (Å²) in [5, 5.41) is -0.156. The molecule has 0 radical (unpaired) electrons. The zero-order valence-corrected chi connectivity index (χ0v) is 9.45. The van der Waals surface area contributed by atoms with Crippen LogP contribution in [0.2, 0.25) is 0 Å². The van der Waals surface area contributed by atoms with Gasteiger partial charge in [0, 0.05) is 0 Å². The second-order valence-corrected chi connectivity index (χ2v) is 4.88. The summed E-state index contributed by atoms with van der Waals surface area (Å²) in [5.41, 5.74) is -0.267. The van der Waals surface area contributed by atoms with E-state index in [1.54, 1.807) is 6.26 Å². The van der Waals surface area contributed by atoms with Gasteiger partial charge in [0.1, 0.15) is 5.60 Å². The Morgan fingerprint density at radius 3 is 2.38 bits per heavy atom. The highest BCUT2D eigenvalue weighted by Gasteiger charge is 2.34. The minimum Gasteiger partial charge on any atom is -0.451 e. The Morgan fingerprint density at radius 2 is 1.92 bits per heavy atom. The van der Waals surface area contributed by atoms with E-state index in [-0.39, 0.29) is 10.9 Å². The molecule has 0 N–H and O–H groups in total. The molecule has 1 rings (SSSR count). The van der Waals surface area contributed by atoms with Gasteiger partial charge in [-0.1, -0.05) is 12.8 Å². The summed E-state index contributed by atoms with van der Waals surface area (Å²) in [4.78, 5) is 11.1. The summed E-state index contributed by atoms with van der Waals surface area (Å²) in [5.74, 6) is 0.559. The fourth-order valence-electron chi connectivity index (χ4n) is 1.96. The second-order valence-electron chi connectivity index (χ2n) is 4.14. The molecule has 0 aliphatic heterocycles. The Bertz CT molecular complexity index is 183. The third-order valence-electron chi connectivity index (χ3n) is 2.85. The largest absolute Gasteiger partial charge is 0.451 e. The van der Waals surface area contributed by atoms with Crippen LogP contribution in [0, 0.1) is 5.92 Å². The first-order chi connectivity index (χ1) is 6.06. The molecule has 0 atom stereocenters. The van der Waals surface area contributed by atoms with Crippen LogP contribution in [0.4, 0.5) is 4.79 Å². The first-order valence-corrected chi connectivity index (χ1v) is 6.05. The van der Waals surface area contributed by atoms with E-state index in [2.05, 4.69) is 0 Å². The maximum Gasteiger partial charge on any atom is 0.367 e. The van der Waals surface area contributed by atoms with E-state index in [0.29, 0.717) is 5.92 Å². The van der Waals surface area contributed by atoms with Crippen molar-refractivity contribution in [3.8, 4) is 0 Å². The lowest BCUT2D eigenvalue weighted by Crippen LogP contribution is -2.34. The van der Waals surface area contributed by atoms with Gasteiger partial charge in [0.25, 0.3) is 0 Å². The molecular weight excluding hydrogens is 184 g/mol. The van der Waals surface area contributed by atoms with Crippen LogP contribution in [-0.4, -0.2) is 17.2 Å². The topological polar surface area (TPSA) is 26.3 Å². The summed E-state index contributed by atoms with van der Waals surface area (Å²) in [7, 11) is 0. The van der Waals surface area contributed by atoms with Gasteiger partial charge in [-0.05, 0) is 50.6 Å². The molecule has 76 valence electrons. The molecule has 1 fully saturated rings. The van der Waals surface area contributed by atoms with Crippen molar-refractivity contribution in [1.29, 1.82) is 0 Å². The molecule has 3 heteroatoms. The molecule has 0 aromatic carbocycles. The zero-order valence-electron chi connectivity index (χ0n) is 8.63. The van der Waals surface area contributed by atoms with Crippen molar-refractivity contribution < 1.29 is 9.53 Å². The monoisotopic (exact) mass is 202 g/mol. The summed E-state index contributed by atoms with van der Waals surface area (Å²) in [6.45, 7) is 4.05. The first kappa shape index (κ1) is 10.9. The number of ether oxygens (including phenoxy) is 1. The first-order valence-electron chi connectivity index (χ1n) is 4.83. The van der Waals surface area contributed by atoms with E-state index < -0.39 is 0 Å². The number of hydrogen-bond donors (Lipinski definition) is 0. The van der Waals surface area contributed by atoms with E-state index in [1.165, 1.54) is 25.7 Å². The van der Waals surface area contributed by atoms with E-state index >= 15 is 0 Å². The molecule has 13 heavy (non-hydrogen) atoms. The molecular formula is C10H18O2S. The van der Waals surface area contributed by atoms with Crippen LogP contribution in [0.5, 0.6) is 0 Å². The fourth-order valence-corrected chi connectivity index (χ4v) is 2.26. The van der Waals surface area contributed by atoms with Crippen molar-refractivity contribution in [1.82, 2.24) is 0 Å². The quantitative estimate of drug-likeness (QED) is 0.641. The molecule has 0 aromatic heterocycles. The number of carbonyl (C=O) groups excluding carboxylic acids is 1. The van der Waals surface area contributed by atoms with Crippen LogP contribution in [-0.2, 0) is 4.74 Å². The Hall–Kier alpha value is -0.180. The van der Waals surface area contributed by atoms with Crippen molar-refractivity contribution in [3.05, 3.63) is 0 Å². The van der Waals surface area contributed by atoms with Gasteiger partial charge in [0.05, 0.1) is 0 Å². The lowest BCUT2D eigenvalue weighted by molar-refractivity contribution is 0.0109. The fraction of sp³-hybridized carbons (Fsp3) is 0.900.